The van der Waals surface area contributed by atoms with Gasteiger partial charge in [0.25, 0.3) is 5.91 Å². The van der Waals surface area contributed by atoms with Crippen LogP contribution in [0.5, 0.6) is 0 Å². The maximum atomic E-state index is 13.2. The zero-order chi connectivity index (χ0) is 15.5. The number of carbonyl (C=O) groups excluding carboxylic acids is 1. The Bertz CT molecular complexity index is 640. The van der Waals surface area contributed by atoms with E-state index in [4.69, 9.17) is 0 Å². The van der Waals surface area contributed by atoms with Crippen LogP contribution in [0.2, 0.25) is 0 Å². The van der Waals surface area contributed by atoms with Gasteiger partial charge in [-0.25, -0.2) is 4.39 Å². The van der Waals surface area contributed by atoms with Gasteiger partial charge in [-0.2, -0.15) is 0 Å². The highest BCUT2D eigenvalue weighted by molar-refractivity contribution is 9.10. The predicted octanol–water partition coefficient (Wildman–Crippen LogP) is 4.30. The normalized spacial score (nSPS) is 11.2. The van der Waals surface area contributed by atoms with E-state index in [0.29, 0.717) is 12.1 Å². The van der Waals surface area contributed by atoms with Crippen LogP contribution in [-0.2, 0) is 5.41 Å². The van der Waals surface area contributed by atoms with Gasteiger partial charge >= 0.3 is 0 Å². The molecule has 2 nitrogen and oxygen atoms in total. The summed E-state index contributed by atoms with van der Waals surface area (Å²) in [6.45, 7) is 4.65. The molecule has 0 aliphatic heterocycles. The van der Waals surface area contributed by atoms with E-state index >= 15 is 0 Å². The van der Waals surface area contributed by atoms with Crippen molar-refractivity contribution in [2.45, 2.75) is 19.3 Å². The molecule has 0 heterocycles. The second-order valence-electron chi connectivity index (χ2n) is 5.56. The summed E-state index contributed by atoms with van der Waals surface area (Å²) < 4.78 is 13.5. The molecule has 0 bridgehead atoms. The summed E-state index contributed by atoms with van der Waals surface area (Å²) >= 11 is 3.09. The number of carbonyl (C=O) groups is 1. The minimum absolute atomic E-state index is 0.172. The zero-order valence-electron chi connectivity index (χ0n) is 12.0. The van der Waals surface area contributed by atoms with Gasteiger partial charge in [-0.15, -0.1) is 0 Å². The van der Waals surface area contributed by atoms with Crippen molar-refractivity contribution in [3.05, 3.63) is 69.9 Å². The predicted molar refractivity (Wildman–Crippen MR) is 85.9 cm³/mol. The molecule has 2 aromatic rings. The molecule has 0 aliphatic rings. The number of halogens is 2. The van der Waals surface area contributed by atoms with Crippen LogP contribution < -0.4 is 5.32 Å². The molecule has 0 unspecified atom stereocenters. The summed E-state index contributed by atoms with van der Waals surface area (Å²) in [5.74, 6) is -0.587. The third kappa shape index (κ3) is 3.91. The van der Waals surface area contributed by atoms with Gasteiger partial charge in [0.05, 0.1) is 4.47 Å². The Morgan fingerprint density at radius 3 is 2.48 bits per heavy atom. The van der Waals surface area contributed by atoms with Crippen LogP contribution in [0.15, 0.2) is 53.0 Å². The largest absolute Gasteiger partial charge is 0.351 e. The Morgan fingerprint density at radius 1 is 1.19 bits per heavy atom. The summed E-state index contributed by atoms with van der Waals surface area (Å²) in [6.07, 6.45) is 0. The third-order valence-corrected chi connectivity index (χ3v) is 4.04. The fraction of sp³-hybridized carbons (Fsp3) is 0.235. The molecule has 0 saturated carbocycles. The first kappa shape index (κ1) is 15.7. The van der Waals surface area contributed by atoms with Gasteiger partial charge in [-0.05, 0) is 39.7 Å². The van der Waals surface area contributed by atoms with Crippen molar-refractivity contribution in [3.63, 3.8) is 0 Å². The van der Waals surface area contributed by atoms with Crippen LogP contribution in [0, 0.1) is 5.82 Å². The van der Waals surface area contributed by atoms with E-state index in [1.807, 2.05) is 30.3 Å². The minimum Gasteiger partial charge on any atom is -0.351 e. The van der Waals surface area contributed by atoms with Gasteiger partial charge in [0.15, 0.2) is 0 Å². The highest BCUT2D eigenvalue weighted by Gasteiger charge is 2.21. The molecule has 0 spiro atoms. The molecule has 0 saturated heterocycles. The summed E-state index contributed by atoms with van der Waals surface area (Å²) in [5, 5.41) is 2.90. The van der Waals surface area contributed by atoms with Crippen LogP contribution in [0.4, 0.5) is 4.39 Å². The third-order valence-electron chi connectivity index (χ3n) is 3.43. The Morgan fingerprint density at radius 2 is 1.86 bits per heavy atom. The monoisotopic (exact) mass is 349 g/mol. The van der Waals surface area contributed by atoms with Crippen LogP contribution in [0.25, 0.3) is 0 Å². The average Bonchev–Trinajstić information content (AvgIpc) is 2.48. The zero-order valence-corrected chi connectivity index (χ0v) is 13.6. The topological polar surface area (TPSA) is 29.1 Å². The summed E-state index contributed by atoms with van der Waals surface area (Å²) in [5.41, 5.74) is 1.42. The molecule has 2 aromatic carbocycles. The number of hydrogen-bond acceptors (Lipinski definition) is 1. The summed E-state index contributed by atoms with van der Waals surface area (Å²) in [4.78, 5) is 12.1. The average molecular weight is 350 g/mol. The van der Waals surface area contributed by atoms with Gasteiger partial charge in [0.1, 0.15) is 5.82 Å². The van der Waals surface area contributed by atoms with Crippen molar-refractivity contribution < 1.29 is 9.18 Å². The molecule has 0 aromatic heterocycles. The van der Waals surface area contributed by atoms with E-state index in [9.17, 15) is 9.18 Å². The van der Waals surface area contributed by atoms with Crippen LogP contribution in [0.1, 0.15) is 29.8 Å². The lowest BCUT2D eigenvalue weighted by Gasteiger charge is -2.25. The molecule has 1 N–H and O–H groups in total. The van der Waals surface area contributed by atoms with E-state index < -0.39 is 0 Å². The molecular formula is C17H17BrFNO. The van der Waals surface area contributed by atoms with E-state index in [0.717, 1.165) is 5.56 Å². The SMILES string of the molecule is CC(C)(CNC(=O)c1ccc(F)c(Br)c1)c1ccccc1. The van der Waals surface area contributed by atoms with Gasteiger partial charge in [-0.1, -0.05) is 44.2 Å². The molecule has 1 amide bonds. The lowest BCUT2D eigenvalue weighted by atomic mass is 9.84. The molecule has 0 fully saturated rings. The van der Waals surface area contributed by atoms with Crippen molar-refractivity contribution in [1.82, 2.24) is 5.32 Å². The fourth-order valence-electron chi connectivity index (χ4n) is 2.03. The smallest absolute Gasteiger partial charge is 0.251 e. The van der Waals surface area contributed by atoms with Gasteiger partial charge in [0.2, 0.25) is 0 Å². The molecule has 2 rings (SSSR count). The number of benzene rings is 2. The molecule has 0 radical (unpaired) electrons. The summed E-state index contributed by atoms with van der Waals surface area (Å²) in [7, 11) is 0. The first-order valence-electron chi connectivity index (χ1n) is 6.69. The molecular weight excluding hydrogens is 333 g/mol. The number of rotatable bonds is 4. The Hall–Kier alpha value is -1.68. The maximum Gasteiger partial charge on any atom is 0.251 e. The Kier molecular flexibility index (Phi) is 4.78. The highest BCUT2D eigenvalue weighted by Crippen LogP contribution is 2.22. The van der Waals surface area contributed by atoms with Crippen molar-refractivity contribution in [2.75, 3.05) is 6.54 Å². The quantitative estimate of drug-likeness (QED) is 0.875. The molecule has 110 valence electrons. The standard InChI is InChI=1S/C17H17BrFNO/c1-17(2,13-6-4-3-5-7-13)11-20-16(21)12-8-9-15(19)14(18)10-12/h3-10H,11H2,1-2H3,(H,20,21). The second kappa shape index (κ2) is 6.39. The number of amides is 1. The Balaban J connectivity index is 2.05. The van der Waals surface area contributed by atoms with Gasteiger partial charge in [0, 0.05) is 17.5 Å². The number of nitrogens with one attached hydrogen (secondary N) is 1. The van der Waals surface area contributed by atoms with Gasteiger partial charge in [-0.3, -0.25) is 4.79 Å². The van der Waals surface area contributed by atoms with Crippen molar-refractivity contribution in [2.24, 2.45) is 0 Å². The second-order valence-corrected chi connectivity index (χ2v) is 6.42. The Labute approximate surface area is 132 Å². The minimum atomic E-state index is -0.379. The highest BCUT2D eigenvalue weighted by atomic mass is 79.9. The van der Waals surface area contributed by atoms with Gasteiger partial charge < -0.3 is 5.32 Å². The van der Waals surface area contributed by atoms with Crippen molar-refractivity contribution in [3.8, 4) is 0 Å². The molecule has 4 heteroatoms. The van der Waals surface area contributed by atoms with Crippen molar-refractivity contribution in [1.29, 1.82) is 0 Å². The first-order valence-corrected chi connectivity index (χ1v) is 7.48. The number of hydrogen-bond donors (Lipinski definition) is 1. The van der Waals surface area contributed by atoms with Crippen LogP contribution in [0.3, 0.4) is 0 Å². The lowest BCUT2D eigenvalue weighted by Crippen LogP contribution is -2.36. The van der Waals surface area contributed by atoms with E-state index in [-0.39, 0.29) is 21.6 Å². The van der Waals surface area contributed by atoms with Crippen LogP contribution >= 0.6 is 15.9 Å². The van der Waals surface area contributed by atoms with E-state index in [1.165, 1.54) is 18.2 Å². The maximum absolute atomic E-state index is 13.2. The summed E-state index contributed by atoms with van der Waals surface area (Å²) in [6, 6.07) is 14.3. The first-order chi connectivity index (χ1) is 9.90. The van der Waals surface area contributed by atoms with Crippen LogP contribution in [-0.4, -0.2) is 12.5 Å². The van der Waals surface area contributed by atoms with Crippen molar-refractivity contribution >= 4 is 21.8 Å². The van der Waals surface area contributed by atoms with E-state index in [2.05, 4.69) is 35.1 Å². The fourth-order valence-corrected chi connectivity index (χ4v) is 2.41. The molecule has 0 aliphatic carbocycles. The molecule has 0 atom stereocenters. The lowest BCUT2D eigenvalue weighted by molar-refractivity contribution is 0.0945. The van der Waals surface area contributed by atoms with E-state index in [1.54, 1.807) is 0 Å². The molecule has 21 heavy (non-hydrogen) atoms.